The number of urea groups is 1. The summed E-state index contributed by atoms with van der Waals surface area (Å²) in [5, 5.41) is 10.2. The Kier molecular flexibility index (Phi) is 4.03. The Morgan fingerprint density at radius 2 is 1.74 bits per heavy atom. The van der Waals surface area contributed by atoms with Crippen molar-refractivity contribution in [3.8, 4) is 0 Å². The second kappa shape index (κ2) is 5.91. The van der Waals surface area contributed by atoms with Crippen LogP contribution in [0.3, 0.4) is 0 Å². The zero-order chi connectivity index (χ0) is 13.7. The fourth-order valence-electron chi connectivity index (χ4n) is 1.57. The highest BCUT2D eigenvalue weighted by atomic mass is 16.2. The van der Waals surface area contributed by atoms with E-state index in [9.17, 15) is 4.79 Å². The van der Waals surface area contributed by atoms with Gasteiger partial charge in [0.25, 0.3) is 0 Å². The van der Waals surface area contributed by atoms with Gasteiger partial charge in [0.05, 0.1) is 5.69 Å². The van der Waals surface area contributed by atoms with E-state index in [0.717, 1.165) is 11.3 Å². The first-order chi connectivity index (χ1) is 9.15. The van der Waals surface area contributed by atoms with Crippen molar-refractivity contribution in [2.24, 2.45) is 10.2 Å². The number of benzene rings is 2. The van der Waals surface area contributed by atoms with Crippen LogP contribution in [0.25, 0.3) is 0 Å². The number of carbonyl (C=O) groups excluding carboxylic acids is 1. The van der Waals surface area contributed by atoms with Crippen LogP contribution in [-0.4, -0.2) is 6.03 Å². The van der Waals surface area contributed by atoms with E-state index in [2.05, 4.69) is 15.5 Å². The van der Waals surface area contributed by atoms with Crippen LogP contribution in [0.15, 0.2) is 58.8 Å². The molecule has 0 aliphatic carbocycles. The van der Waals surface area contributed by atoms with Crippen LogP contribution in [0, 0.1) is 13.8 Å². The maximum Gasteiger partial charge on any atom is 0.364 e. The first-order valence-corrected chi connectivity index (χ1v) is 6.00. The molecule has 96 valence electrons. The molecule has 2 aromatic carbocycles. The highest BCUT2D eigenvalue weighted by molar-refractivity contribution is 5.89. The molecule has 19 heavy (non-hydrogen) atoms. The molecule has 0 aliphatic rings. The number of anilines is 1. The molecule has 0 unspecified atom stereocenters. The molecule has 1 N–H and O–H groups in total. The van der Waals surface area contributed by atoms with Gasteiger partial charge in [0.15, 0.2) is 0 Å². The summed E-state index contributed by atoms with van der Waals surface area (Å²) in [6.45, 7) is 4.02. The Balaban J connectivity index is 2.01. The summed E-state index contributed by atoms with van der Waals surface area (Å²) in [5.41, 5.74) is 3.68. The predicted molar refractivity (Wildman–Crippen MR) is 75.9 cm³/mol. The number of azo groups is 1. The van der Waals surface area contributed by atoms with Crippen molar-refractivity contribution in [2.75, 3.05) is 5.32 Å². The Bertz CT molecular complexity index is 606. The minimum absolute atomic E-state index is 0.480. The van der Waals surface area contributed by atoms with Crippen LogP contribution in [0.2, 0.25) is 0 Å². The van der Waals surface area contributed by atoms with Crippen LogP contribution in [0.1, 0.15) is 11.1 Å². The molecule has 0 radical (unpaired) electrons. The summed E-state index contributed by atoms with van der Waals surface area (Å²) >= 11 is 0. The molecule has 4 heteroatoms. The van der Waals surface area contributed by atoms with E-state index in [4.69, 9.17) is 0 Å². The zero-order valence-corrected chi connectivity index (χ0v) is 10.9. The Morgan fingerprint density at radius 3 is 2.42 bits per heavy atom. The van der Waals surface area contributed by atoms with E-state index in [-0.39, 0.29) is 0 Å². The van der Waals surface area contributed by atoms with Gasteiger partial charge in [0.2, 0.25) is 0 Å². The van der Waals surface area contributed by atoms with Crippen molar-refractivity contribution in [1.82, 2.24) is 0 Å². The summed E-state index contributed by atoms with van der Waals surface area (Å²) in [4.78, 5) is 11.6. The molecule has 0 saturated heterocycles. The quantitative estimate of drug-likeness (QED) is 0.780. The van der Waals surface area contributed by atoms with Crippen molar-refractivity contribution in [2.45, 2.75) is 13.8 Å². The number of aryl methyl sites for hydroxylation is 2. The summed E-state index contributed by atoms with van der Waals surface area (Å²) in [7, 11) is 0. The molecule has 0 spiro atoms. The fourth-order valence-corrected chi connectivity index (χ4v) is 1.57. The van der Waals surface area contributed by atoms with E-state index in [1.165, 1.54) is 5.56 Å². The van der Waals surface area contributed by atoms with Crippen molar-refractivity contribution in [3.05, 3.63) is 59.7 Å². The molecule has 0 atom stereocenters. The minimum Gasteiger partial charge on any atom is -0.305 e. The number of hydrogen-bond donors (Lipinski definition) is 1. The lowest BCUT2D eigenvalue weighted by atomic mass is 10.1. The lowest BCUT2D eigenvalue weighted by Crippen LogP contribution is -2.05. The Morgan fingerprint density at radius 1 is 1.00 bits per heavy atom. The highest BCUT2D eigenvalue weighted by Gasteiger charge is 2.01. The molecule has 0 aliphatic heterocycles. The second-order valence-corrected chi connectivity index (χ2v) is 4.26. The van der Waals surface area contributed by atoms with E-state index in [1.54, 1.807) is 12.1 Å². The van der Waals surface area contributed by atoms with Gasteiger partial charge in [-0.05, 0) is 49.2 Å². The van der Waals surface area contributed by atoms with Gasteiger partial charge in [-0.15, -0.1) is 5.11 Å². The van der Waals surface area contributed by atoms with Gasteiger partial charge in [0.1, 0.15) is 0 Å². The number of nitrogens with zero attached hydrogens (tertiary/aromatic N) is 2. The number of hydrogen-bond acceptors (Lipinski definition) is 2. The van der Waals surface area contributed by atoms with E-state index >= 15 is 0 Å². The molecule has 2 rings (SSSR count). The number of amides is 2. The third-order valence-corrected chi connectivity index (χ3v) is 2.77. The first-order valence-electron chi connectivity index (χ1n) is 6.00. The summed E-state index contributed by atoms with van der Waals surface area (Å²) in [6, 6.07) is 14.4. The Labute approximate surface area is 112 Å². The van der Waals surface area contributed by atoms with Crippen LogP contribution in [0.4, 0.5) is 16.2 Å². The van der Waals surface area contributed by atoms with Gasteiger partial charge in [0, 0.05) is 5.69 Å². The molecule has 0 bridgehead atoms. The molecule has 0 heterocycles. The average molecular weight is 253 g/mol. The van der Waals surface area contributed by atoms with Crippen molar-refractivity contribution in [3.63, 3.8) is 0 Å². The van der Waals surface area contributed by atoms with Gasteiger partial charge < -0.3 is 5.32 Å². The molecular formula is C15H15N3O. The molecule has 2 aromatic rings. The smallest absolute Gasteiger partial charge is 0.305 e. The summed E-state index contributed by atoms with van der Waals surface area (Å²) in [5.74, 6) is 0. The van der Waals surface area contributed by atoms with Crippen molar-refractivity contribution >= 4 is 17.4 Å². The van der Waals surface area contributed by atoms with Crippen LogP contribution in [-0.2, 0) is 0 Å². The van der Waals surface area contributed by atoms with Crippen LogP contribution >= 0.6 is 0 Å². The van der Waals surface area contributed by atoms with Crippen molar-refractivity contribution < 1.29 is 4.79 Å². The lowest BCUT2D eigenvalue weighted by Gasteiger charge is -2.04. The fraction of sp³-hybridized carbons (Fsp3) is 0.133. The third-order valence-electron chi connectivity index (χ3n) is 2.77. The minimum atomic E-state index is -0.480. The number of carbonyl (C=O) groups is 1. The standard InChI is InChI=1S/C15H15N3O/c1-11-8-9-14(10-12(11)2)16-15(19)18-17-13-6-4-3-5-7-13/h3-10H,1-2H3,(H,16,19). The normalized spacial score (nSPS) is 10.6. The number of rotatable bonds is 2. The van der Waals surface area contributed by atoms with Gasteiger partial charge in [-0.2, -0.15) is 0 Å². The average Bonchev–Trinajstić information content (AvgIpc) is 2.42. The topological polar surface area (TPSA) is 53.8 Å². The molecule has 0 fully saturated rings. The lowest BCUT2D eigenvalue weighted by molar-refractivity contribution is 0.258. The molecular weight excluding hydrogens is 238 g/mol. The molecule has 4 nitrogen and oxygen atoms in total. The number of nitrogens with one attached hydrogen (secondary N) is 1. The molecule has 0 aromatic heterocycles. The third kappa shape index (κ3) is 3.74. The van der Waals surface area contributed by atoms with Crippen LogP contribution < -0.4 is 5.32 Å². The predicted octanol–water partition coefficient (Wildman–Crippen LogP) is 4.62. The van der Waals surface area contributed by atoms with E-state index in [1.807, 2.05) is 50.2 Å². The highest BCUT2D eigenvalue weighted by Crippen LogP contribution is 2.15. The van der Waals surface area contributed by atoms with Gasteiger partial charge in [-0.3, -0.25) is 0 Å². The molecule has 0 saturated carbocycles. The van der Waals surface area contributed by atoms with Crippen LogP contribution in [0.5, 0.6) is 0 Å². The monoisotopic (exact) mass is 253 g/mol. The molecule has 2 amide bonds. The van der Waals surface area contributed by atoms with E-state index in [0.29, 0.717) is 5.69 Å². The van der Waals surface area contributed by atoms with Gasteiger partial charge >= 0.3 is 6.03 Å². The Hall–Kier alpha value is -2.49. The largest absolute Gasteiger partial charge is 0.364 e. The maximum atomic E-state index is 11.6. The van der Waals surface area contributed by atoms with Gasteiger partial charge in [-0.25, -0.2) is 4.79 Å². The SMILES string of the molecule is Cc1ccc(NC(=O)N=Nc2ccccc2)cc1C. The summed E-state index contributed by atoms with van der Waals surface area (Å²) < 4.78 is 0. The first kappa shape index (κ1) is 13.0. The maximum absolute atomic E-state index is 11.6. The second-order valence-electron chi connectivity index (χ2n) is 4.26. The zero-order valence-electron chi connectivity index (χ0n) is 10.9. The van der Waals surface area contributed by atoms with Crippen molar-refractivity contribution in [1.29, 1.82) is 0 Å². The van der Waals surface area contributed by atoms with E-state index < -0.39 is 6.03 Å². The summed E-state index contributed by atoms with van der Waals surface area (Å²) in [6.07, 6.45) is 0. The van der Waals surface area contributed by atoms with Gasteiger partial charge in [-0.1, -0.05) is 29.4 Å².